The van der Waals surface area contributed by atoms with Crippen LogP contribution in [0, 0.1) is 5.92 Å². The van der Waals surface area contributed by atoms with Crippen LogP contribution in [0.3, 0.4) is 0 Å². The standard InChI is InChI=1S/C15H21N3O3S/c1-9(2)8-22(21)13-6-4-5-11(17-13)14(19)18-12-7-10(3)16-15(12)20/h4-6,9-10,12H,7-8H2,1-3H3,(H,16,20)(H,18,19)/t10?,12-,22?/m0/s1. The van der Waals surface area contributed by atoms with Crippen LogP contribution in [0.15, 0.2) is 23.2 Å². The maximum atomic E-state index is 12.2. The van der Waals surface area contributed by atoms with Crippen molar-refractivity contribution in [2.45, 2.75) is 44.3 Å². The van der Waals surface area contributed by atoms with E-state index < -0.39 is 22.7 Å². The van der Waals surface area contributed by atoms with Crippen molar-refractivity contribution in [1.29, 1.82) is 0 Å². The molecule has 3 atom stereocenters. The molecule has 2 heterocycles. The minimum Gasteiger partial charge on any atom is -0.352 e. The van der Waals surface area contributed by atoms with Crippen molar-refractivity contribution in [3.63, 3.8) is 0 Å². The molecule has 0 spiro atoms. The van der Waals surface area contributed by atoms with Gasteiger partial charge in [-0.3, -0.25) is 13.8 Å². The molecule has 6 nitrogen and oxygen atoms in total. The minimum absolute atomic E-state index is 0.0515. The number of nitrogens with one attached hydrogen (secondary N) is 2. The van der Waals surface area contributed by atoms with E-state index in [0.717, 1.165) is 0 Å². The molecule has 120 valence electrons. The van der Waals surface area contributed by atoms with Gasteiger partial charge in [0.2, 0.25) is 5.91 Å². The molecule has 1 aliphatic rings. The zero-order valence-corrected chi connectivity index (χ0v) is 13.8. The Labute approximate surface area is 132 Å². The molecular formula is C15H21N3O3S. The van der Waals surface area contributed by atoms with E-state index in [4.69, 9.17) is 0 Å². The first-order chi connectivity index (χ1) is 10.4. The summed E-state index contributed by atoms with van der Waals surface area (Å²) in [6.45, 7) is 5.85. The summed E-state index contributed by atoms with van der Waals surface area (Å²) in [7, 11) is -1.23. The molecular weight excluding hydrogens is 302 g/mol. The fourth-order valence-corrected chi connectivity index (χ4v) is 3.48. The van der Waals surface area contributed by atoms with Gasteiger partial charge >= 0.3 is 0 Å². The molecule has 7 heteroatoms. The molecule has 2 unspecified atom stereocenters. The van der Waals surface area contributed by atoms with Crippen LogP contribution >= 0.6 is 0 Å². The number of rotatable bonds is 5. The lowest BCUT2D eigenvalue weighted by Gasteiger charge is -2.10. The van der Waals surface area contributed by atoms with E-state index in [9.17, 15) is 13.8 Å². The molecule has 0 radical (unpaired) electrons. The summed E-state index contributed by atoms with van der Waals surface area (Å²) in [6, 6.07) is 4.39. The number of amides is 2. The van der Waals surface area contributed by atoms with E-state index in [1.807, 2.05) is 20.8 Å². The lowest BCUT2D eigenvalue weighted by molar-refractivity contribution is -0.120. The topological polar surface area (TPSA) is 88.2 Å². The number of nitrogens with zero attached hydrogens (tertiary/aromatic N) is 1. The van der Waals surface area contributed by atoms with Crippen LogP contribution in [-0.2, 0) is 15.6 Å². The molecule has 2 N–H and O–H groups in total. The van der Waals surface area contributed by atoms with Crippen LogP contribution in [-0.4, -0.2) is 38.8 Å². The predicted molar refractivity (Wildman–Crippen MR) is 83.8 cm³/mol. The fraction of sp³-hybridized carbons (Fsp3) is 0.533. The van der Waals surface area contributed by atoms with E-state index in [0.29, 0.717) is 17.2 Å². The van der Waals surface area contributed by atoms with Gasteiger partial charge in [0.05, 0.1) is 10.8 Å². The van der Waals surface area contributed by atoms with Gasteiger partial charge in [-0.25, -0.2) is 4.98 Å². The van der Waals surface area contributed by atoms with E-state index >= 15 is 0 Å². The maximum Gasteiger partial charge on any atom is 0.270 e. The molecule has 1 aromatic heterocycles. The summed E-state index contributed by atoms with van der Waals surface area (Å²) >= 11 is 0. The fourth-order valence-electron chi connectivity index (χ4n) is 2.28. The minimum atomic E-state index is -1.23. The number of carbonyl (C=O) groups excluding carboxylic acids is 2. The number of hydrogen-bond donors (Lipinski definition) is 2. The van der Waals surface area contributed by atoms with Gasteiger partial charge in [-0.05, 0) is 31.4 Å². The summed E-state index contributed by atoms with van der Waals surface area (Å²) in [5.41, 5.74) is 0.182. The van der Waals surface area contributed by atoms with Gasteiger partial charge in [-0.1, -0.05) is 19.9 Å². The average molecular weight is 323 g/mol. The SMILES string of the molecule is CC(C)CS(=O)c1cccc(C(=O)N[C@H]2CC(C)NC2=O)n1. The average Bonchev–Trinajstić information content (AvgIpc) is 2.76. The Hall–Kier alpha value is -1.76. The summed E-state index contributed by atoms with van der Waals surface area (Å²) in [4.78, 5) is 28.0. The summed E-state index contributed by atoms with van der Waals surface area (Å²) in [5, 5.41) is 5.82. The Kier molecular flexibility index (Phi) is 5.28. The highest BCUT2D eigenvalue weighted by atomic mass is 32.2. The second-order valence-electron chi connectivity index (χ2n) is 5.94. The van der Waals surface area contributed by atoms with E-state index in [-0.39, 0.29) is 23.6 Å². The zero-order chi connectivity index (χ0) is 16.3. The Morgan fingerprint density at radius 2 is 2.23 bits per heavy atom. The lowest BCUT2D eigenvalue weighted by Crippen LogP contribution is -2.40. The number of aromatic nitrogens is 1. The van der Waals surface area contributed by atoms with Crippen LogP contribution in [0.5, 0.6) is 0 Å². The molecule has 0 aromatic carbocycles. The molecule has 0 bridgehead atoms. The highest BCUT2D eigenvalue weighted by molar-refractivity contribution is 7.84. The van der Waals surface area contributed by atoms with Crippen molar-refractivity contribution in [2.24, 2.45) is 5.92 Å². The van der Waals surface area contributed by atoms with Crippen molar-refractivity contribution >= 4 is 22.6 Å². The lowest BCUT2D eigenvalue weighted by atomic mass is 10.2. The smallest absolute Gasteiger partial charge is 0.270 e. The van der Waals surface area contributed by atoms with Crippen LogP contribution < -0.4 is 10.6 Å². The number of pyridine rings is 1. The van der Waals surface area contributed by atoms with Gasteiger partial charge in [-0.15, -0.1) is 0 Å². The molecule has 0 saturated carbocycles. The molecule has 1 aliphatic heterocycles. The van der Waals surface area contributed by atoms with Crippen LogP contribution in [0.1, 0.15) is 37.7 Å². The first-order valence-corrected chi connectivity index (χ1v) is 8.65. The molecule has 1 aromatic rings. The van der Waals surface area contributed by atoms with Gasteiger partial charge < -0.3 is 10.6 Å². The normalized spacial score (nSPS) is 22.5. The van der Waals surface area contributed by atoms with Crippen molar-refractivity contribution in [3.8, 4) is 0 Å². The van der Waals surface area contributed by atoms with Gasteiger partial charge in [0.25, 0.3) is 5.91 Å². The number of carbonyl (C=O) groups is 2. The van der Waals surface area contributed by atoms with Crippen LogP contribution in [0.25, 0.3) is 0 Å². The molecule has 2 amide bonds. The Bertz CT molecular complexity index is 603. The zero-order valence-electron chi connectivity index (χ0n) is 13.0. The Morgan fingerprint density at radius 1 is 1.50 bits per heavy atom. The molecule has 2 rings (SSSR count). The van der Waals surface area contributed by atoms with E-state index in [1.54, 1.807) is 18.2 Å². The van der Waals surface area contributed by atoms with E-state index in [1.165, 1.54) is 0 Å². The molecule has 0 aliphatic carbocycles. The molecule has 1 saturated heterocycles. The van der Waals surface area contributed by atoms with Crippen molar-refractivity contribution in [2.75, 3.05) is 5.75 Å². The monoisotopic (exact) mass is 323 g/mol. The van der Waals surface area contributed by atoms with Gasteiger partial charge in [0.1, 0.15) is 16.8 Å². The highest BCUT2D eigenvalue weighted by Gasteiger charge is 2.30. The highest BCUT2D eigenvalue weighted by Crippen LogP contribution is 2.11. The first kappa shape index (κ1) is 16.6. The molecule has 1 fully saturated rings. The second kappa shape index (κ2) is 7.00. The Morgan fingerprint density at radius 3 is 2.82 bits per heavy atom. The van der Waals surface area contributed by atoms with Crippen LogP contribution in [0.2, 0.25) is 0 Å². The Balaban J connectivity index is 2.07. The summed E-state index contributed by atoms with van der Waals surface area (Å²) in [5.74, 6) is 0.183. The third-order valence-electron chi connectivity index (χ3n) is 3.27. The third-order valence-corrected chi connectivity index (χ3v) is 4.94. The van der Waals surface area contributed by atoms with Gasteiger partial charge in [-0.2, -0.15) is 0 Å². The second-order valence-corrected chi connectivity index (χ2v) is 7.38. The van der Waals surface area contributed by atoms with Gasteiger partial charge in [0.15, 0.2) is 0 Å². The largest absolute Gasteiger partial charge is 0.352 e. The predicted octanol–water partition coefficient (Wildman–Crippen LogP) is 0.852. The first-order valence-electron chi connectivity index (χ1n) is 7.33. The quantitative estimate of drug-likeness (QED) is 0.841. The number of hydrogen-bond acceptors (Lipinski definition) is 4. The maximum absolute atomic E-state index is 12.2. The summed E-state index contributed by atoms with van der Waals surface area (Å²) in [6.07, 6.45) is 0.559. The molecule has 22 heavy (non-hydrogen) atoms. The van der Waals surface area contributed by atoms with Crippen LogP contribution in [0.4, 0.5) is 0 Å². The van der Waals surface area contributed by atoms with Gasteiger partial charge in [0, 0.05) is 11.8 Å². The third kappa shape index (κ3) is 4.13. The van der Waals surface area contributed by atoms with Crippen molar-refractivity contribution in [3.05, 3.63) is 23.9 Å². The van der Waals surface area contributed by atoms with E-state index in [2.05, 4.69) is 15.6 Å². The van der Waals surface area contributed by atoms with Crippen molar-refractivity contribution in [1.82, 2.24) is 15.6 Å². The summed E-state index contributed by atoms with van der Waals surface area (Å²) < 4.78 is 12.1. The van der Waals surface area contributed by atoms with Crippen molar-refractivity contribution < 1.29 is 13.8 Å².